The summed E-state index contributed by atoms with van der Waals surface area (Å²) in [6.07, 6.45) is 5.34. The quantitative estimate of drug-likeness (QED) is 0.495. The third-order valence-corrected chi connectivity index (χ3v) is 6.72. The Morgan fingerprint density at radius 2 is 1.89 bits per heavy atom. The van der Waals surface area contributed by atoms with Crippen LogP contribution in [0.25, 0.3) is 0 Å². The van der Waals surface area contributed by atoms with Crippen molar-refractivity contribution in [1.29, 1.82) is 0 Å². The highest BCUT2D eigenvalue weighted by molar-refractivity contribution is 7.89. The first kappa shape index (κ1) is 21.0. The molecule has 1 aromatic rings. The number of nitrogens with one attached hydrogen (secondary N) is 2. The van der Waals surface area contributed by atoms with Gasteiger partial charge in [-0.25, -0.2) is 13.1 Å². The van der Waals surface area contributed by atoms with Gasteiger partial charge in [0.1, 0.15) is 5.69 Å². The van der Waals surface area contributed by atoms with Crippen molar-refractivity contribution < 1.29 is 18.1 Å². The first-order valence-corrected chi connectivity index (χ1v) is 11.3. The zero-order chi connectivity index (χ0) is 20.0. The monoisotopic (exact) mass is 412 g/mol. The predicted octanol–water partition coefficient (Wildman–Crippen LogP) is 1.95. The second kappa shape index (κ2) is 9.64. The molecular weight excluding hydrogens is 384 g/mol. The van der Waals surface area contributed by atoms with Crippen LogP contribution in [-0.2, 0) is 14.8 Å². The van der Waals surface area contributed by atoms with Crippen molar-refractivity contribution in [2.24, 2.45) is 0 Å². The molecule has 156 valence electrons. The Hall–Kier alpha value is -1.75. The number of nitro benzene ring substituents is 1. The molecule has 0 amide bonds. The molecule has 1 aliphatic heterocycles. The first-order chi connectivity index (χ1) is 13.5. The number of nitrogens with zero attached hydrogens (tertiary/aromatic N) is 2. The van der Waals surface area contributed by atoms with Crippen LogP contribution in [0.1, 0.15) is 32.1 Å². The molecule has 1 saturated carbocycles. The Morgan fingerprint density at radius 3 is 2.57 bits per heavy atom. The van der Waals surface area contributed by atoms with Crippen molar-refractivity contribution in [3.63, 3.8) is 0 Å². The molecule has 2 fully saturated rings. The summed E-state index contributed by atoms with van der Waals surface area (Å²) in [5.74, 6) is 0. The van der Waals surface area contributed by atoms with E-state index >= 15 is 0 Å². The van der Waals surface area contributed by atoms with Crippen molar-refractivity contribution in [2.75, 3.05) is 44.7 Å². The van der Waals surface area contributed by atoms with E-state index in [4.69, 9.17) is 4.74 Å². The minimum atomic E-state index is -3.81. The maximum atomic E-state index is 12.6. The Balaban J connectivity index is 1.66. The van der Waals surface area contributed by atoms with E-state index in [-0.39, 0.29) is 23.2 Å². The normalized spacial score (nSPS) is 19.4. The molecule has 2 N–H and O–H groups in total. The van der Waals surface area contributed by atoms with Crippen LogP contribution in [-0.4, -0.2) is 63.7 Å². The second-order valence-electron chi connectivity index (χ2n) is 7.27. The van der Waals surface area contributed by atoms with Crippen molar-refractivity contribution in [3.05, 3.63) is 28.3 Å². The van der Waals surface area contributed by atoms with Crippen LogP contribution in [0, 0.1) is 10.1 Å². The van der Waals surface area contributed by atoms with Gasteiger partial charge in [0.2, 0.25) is 10.0 Å². The van der Waals surface area contributed by atoms with Gasteiger partial charge in [-0.15, -0.1) is 0 Å². The number of hydrogen-bond acceptors (Lipinski definition) is 7. The predicted molar refractivity (Wildman–Crippen MR) is 106 cm³/mol. The van der Waals surface area contributed by atoms with E-state index in [2.05, 4.69) is 14.9 Å². The average Bonchev–Trinajstić information content (AvgIpc) is 2.69. The van der Waals surface area contributed by atoms with E-state index < -0.39 is 14.9 Å². The topological polar surface area (TPSA) is 114 Å². The van der Waals surface area contributed by atoms with Crippen LogP contribution in [0.3, 0.4) is 0 Å². The zero-order valence-corrected chi connectivity index (χ0v) is 16.7. The van der Waals surface area contributed by atoms with Crippen molar-refractivity contribution in [2.45, 2.75) is 43.0 Å². The van der Waals surface area contributed by atoms with Gasteiger partial charge in [-0.05, 0) is 25.0 Å². The molecule has 1 saturated heterocycles. The van der Waals surface area contributed by atoms with Gasteiger partial charge in [0.25, 0.3) is 5.69 Å². The molecular formula is C18H28N4O5S. The summed E-state index contributed by atoms with van der Waals surface area (Å²) in [5.41, 5.74) is 0.172. The summed E-state index contributed by atoms with van der Waals surface area (Å²) < 4.78 is 32.9. The van der Waals surface area contributed by atoms with Gasteiger partial charge in [-0.3, -0.25) is 15.0 Å². The van der Waals surface area contributed by atoms with E-state index in [1.165, 1.54) is 18.6 Å². The molecule has 0 aromatic heterocycles. The Morgan fingerprint density at radius 1 is 1.18 bits per heavy atom. The zero-order valence-electron chi connectivity index (χ0n) is 15.9. The molecule has 0 atom stereocenters. The molecule has 0 bridgehead atoms. The minimum Gasteiger partial charge on any atom is -0.379 e. The molecule has 9 nitrogen and oxygen atoms in total. The highest BCUT2D eigenvalue weighted by Gasteiger charge is 2.23. The summed E-state index contributed by atoms with van der Waals surface area (Å²) in [6, 6.07) is 4.27. The Bertz CT molecular complexity index is 774. The lowest BCUT2D eigenvalue weighted by Gasteiger charge is -2.26. The van der Waals surface area contributed by atoms with Gasteiger partial charge >= 0.3 is 0 Å². The molecule has 0 spiro atoms. The number of hydrogen-bond donors (Lipinski definition) is 2. The lowest BCUT2D eigenvalue weighted by atomic mass is 9.95. The highest BCUT2D eigenvalue weighted by Crippen LogP contribution is 2.30. The third-order valence-electron chi connectivity index (χ3n) is 5.26. The summed E-state index contributed by atoms with van der Waals surface area (Å²) in [5, 5.41) is 14.7. The Labute approximate surface area is 165 Å². The summed E-state index contributed by atoms with van der Waals surface area (Å²) in [4.78, 5) is 13.0. The molecule has 1 heterocycles. The summed E-state index contributed by atoms with van der Waals surface area (Å²) in [7, 11) is -3.81. The fourth-order valence-electron chi connectivity index (χ4n) is 3.66. The summed E-state index contributed by atoms with van der Waals surface area (Å²) in [6.45, 7) is 3.66. The Kier molecular flexibility index (Phi) is 7.22. The first-order valence-electron chi connectivity index (χ1n) is 9.80. The second-order valence-corrected chi connectivity index (χ2v) is 9.03. The molecule has 28 heavy (non-hydrogen) atoms. The van der Waals surface area contributed by atoms with Crippen LogP contribution >= 0.6 is 0 Å². The molecule has 0 radical (unpaired) electrons. The average molecular weight is 413 g/mol. The maximum absolute atomic E-state index is 12.6. The maximum Gasteiger partial charge on any atom is 0.293 e. The van der Waals surface area contributed by atoms with Crippen molar-refractivity contribution in [3.8, 4) is 0 Å². The van der Waals surface area contributed by atoms with Crippen molar-refractivity contribution >= 4 is 21.4 Å². The summed E-state index contributed by atoms with van der Waals surface area (Å²) >= 11 is 0. The molecule has 3 rings (SSSR count). The van der Waals surface area contributed by atoms with Gasteiger partial charge in [0, 0.05) is 38.3 Å². The van der Waals surface area contributed by atoms with Crippen LogP contribution in [0.15, 0.2) is 23.1 Å². The van der Waals surface area contributed by atoms with E-state index in [0.717, 1.165) is 44.8 Å². The number of benzene rings is 1. The number of rotatable bonds is 8. The van der Waals surface area contributed by atoms with Gasteiger partial charge in [-0.1, -0.05) is 19.3 Å². The molecule has 10 heteroatoms. The van der Waals surface area contributed by atoms with Crippen LogP contribution in [0.2, 0.25) is 0 Å². The smallest absolute Gasteiger partial charge is 0.293 e. The number of nitro groups is 1. The van der Waals surface area contributed by atoms with Gasteiger partial charge in [0.15, 0.2) is 0 Å². The van der Waals surface area contributed by atoms with Gasteiger partial charge in [0.05, 0.1) is 23.0 Å². The molecule has 2 aliphatic rings. The van der Waals surface area contributed by atoms with Crippen LogP contribution in [0.5, 0.6) is 0 Å². The minimum absolute atomic E-state index is 0.0876. The van der Waals surface area contributed by atoms with Crippen LogP contribution in [0.4, 0.5) is 11.4 Å². The lowest BCUT2D eigenvalue weighted by Crippen LogP contribution is -2.41. The highest BCUT2D eigenvalue weighted by atomic mass is 32.2. The fraction of sp³-hybridized carbons (Fsp3) is 0.667. The van der Waals surface area contributed by atoms with Gasteiger partial charge in [-0.2, -0.15) is 0 Å². The lowest BCUT2D eigenvalue weighted by molar-refractivity contribution is -0.384. The van der Waals surface area contributed by atoms with E-state index in [9.17, 15) is 18.5 Å². The van der Waals surface area contributed by atoms with Gasteiger partial charge < -0.3 is 10.1 Å². The number of morpholine rings is 1. The van der Waals surface area contributed by atoms with Crippen molar-refractivity contribution in [1.82, 2.24) is 9.62 Å². The van der Waals surface area contributed by atoms with E-state index in [0.29, 0.717) is 25.4 Å². The molecule has 1 aromatic carbocycles. The fourth-order valence-corrected chi connectivity index (χ4v) is 4.71. The standard InChI is InChI=1S/C18H28N4O5S/c23-22(24)18-14-16(6-7-17(18)20-15-4-2-1-3-5-15)28(25,26)19-8-9-21-10-12-27-13-11-21/h6-7,14-15,19-20H,1-5,8-13H2. The molecule has 0 unspecified atom stereocenters. The van der Waals surface area contributed by atoms with Crippen LogP contribution < -0.4 is 10.0 Å². The molecule has 1 aliphatic carbocycles. The number of anilines is 1. The third kappa shape index (κ3) is 5.63. The number of sulfonamides is 1. The van der Waals surface area contributed by atoms with E-state index in [1.54, 1.807) is 0 Å². The number of ether oxygens (including phenoxy) is 1. The largest absolute Gasteiger partial charge is 0.379 e. The SMILES string of the molecule is O=[N+]([O-])c1cc(S(=O)(=O)NCCN2CCOCC2)ccc1NC1CCCCC1. The van der Waals surface area contributed by atoms with E-state index in [1.807, 2.05) is 0 Å².